The Kier molecular flexibility index (Phi) is 4.40. The van der Waals surface area contributed by atoms with Gasteiger partial charge < -0.3 is 19.9 Å². The molecule has 0 unspecified atom stereocenters. The average Bonchev–Trinajstić information content (AvgIpc) is 3.06. The minimum atomic E-state index is -0.606. The SMILES string of the molecule is Cc1noc2ncc(C(=O)NC34CC(NC(=O)COc5ccc(Cl)c(F)c5)(C3)C4)cc12. The highest BCUT2D eigenvalue weighted by atomic mass is 35.5. The van der Waals surface area contributed by atoms with Crippen LogP contribution in [0.4, 0.5) is 4.39 Å². The molecule has 2 amide bonds. The number of halogens is 2. The van der Waals surface area contributed by atoms with Gasteiger partial charge in [0.05, 0.1) is 21.7 Å². The third kappa shape index (κ3) is 3.48. The largest absolute Gasteiger partial charge is 0.484 e. The van der Waals surface area contributed by atoms with Gasteiger partial charge in [-0.1, -0.05) is 16.8 Å². The van der Waals surface area contributed by atoms with Crippen molar-refractivity contribution in [1.82, 2.24) is 20.8 Å². The van der Waals surface area contributed by atoms with Crippen LogP contribution in [-0.4, -0.2) is 39.6 Å². The van der Waals surface area contributed by atoms with Crippen molar-refractivity contribution < 1.29 is 23.2 Å². The molecular formula is C21H18ClFN4O4. The van der Waals surface area contributed by atoms with Gasteiger partial charge in [0.2, 0.25) is 0 Å². The molecule has 0 spiro atoms. The van der Waals surface area contributed by atoms with Gasteiger partial charge in [-0.2, -0.15) is 0 Å². The van der Waals surface area contributed by atoms with E-state index in [1.165, 1.54) is 18.3 Å². The van der Waals surface area contributed by atoms with Gasteiger partial charge in [-0.25, -0.2) is 9.37 Å². The highest BCUT2D eigenvalue weighted by Crippen LogP contribution is 2.60. The molecule has 3 aromatic rings. The van der Waals surface area contributed by atoms with E-state index in [4.69, 9.17) is 20.9 Å². The Labute approximate surface area is 181 Å². The zero-order valence-corrected chi connectivity index (χ0v) is 17.3. The molecule has 0 aliphatic heterocycles. The number of benzene rings is 1. The van der Waals surface area contributed by atoms with E-state index in [1.807, 2.05) is 0 Å². The van der Waals surface area contributed by atoms with Gasteiger partial charge in [0.1, 0.15) is 11.6 Å². The second-order valence-electron chi connectivity index (χ2n) is 8.30. The van der Waals surface area contributed by atoms with Gasteiger partial charge >= 0.3 is 0 Å². The molecule has 2 bridgehead atoms. The predicted octanol–water partition coefficient (Wildman–Crippen LogP) is 2.92. The molecule has 2 aromatic heterocycles. The summed E-state index contributed by atoms with van der Waals surface area (Å²) in [6.45, 7) is 1.56. The number of hydrogen-bond acceptors (Lipinski definition) is 6. The number of rotatable bonds is 6. The number of aromatic nitrogens is 2. The molecule has 0 radical (unpaired) electrons. The summed E-state index contributed by atoms with van der Waals surface area (Å²) in [6, 6.07) is 5.71. The minimum absolute atomic E-state index is 0.00900. The van der Waals surface area contributed by atoms with Gasteiger partial charge in [0.25, 0.3) is 17.5 Å². The Bertz CT molecular complexity index is 1210. The van der Waals surface area contributed by atoms with Gasteiger partial charge in [0.15, 0.2) is 6.61 Å². The van der Waals surface area contributed by atoms with Crippen LogP contribution < -0.4 is 15.4 Å². The summed E-state index contributed by atoms with van der Waals surface area (Å²) in [6.07, 6.45) is 3.40. The van der Waals surface area contributed by atoms with Crippen LogP contribution in [0, 0.1) is 12.7 Å². The molecule has 1 aromatic carbocycles. The number of fused-ring (bicyclic) bond motifs is 1. The summed E-state index contributed by atoms with van der Waals surface area (Å²) in [7, 11) is 0. The van der Waals surface area contributed by atoms with E-state index in [0.29, 0.717) is 41.6 Å². The molecule has 10 heteroatoms. The van der Waals surface area contributed by atoms with Gasteiger partial charge in [-0.3, -0.25) is 9.59 Å². The number of pyridine rings is 1. The highest BCUT2D eigenvalue weighted by molar-refractivity contribution is 6.30. The van der Waals surface area contributed by atoms with Crippen LogP contribution in [0.3, 0.4) is 0 Å². The molecule has 2 heterocycles. The zero-order valence-electron chi connectivity index (χ0n) is 16.5. The molecule has 31 heavy (non-hydrogen) atoms. The number of nitrogens with zero attached hydrogens (tertiary/aromatic N) is 2. The third-order valence-electron chi connectivity index (χ3n) is 5.85. The van der Waals surface area contributed by atoms with Crippen LogP contribution in [0.25, 0.3) is 11.1 Å². The molecular weight excluding hydrogens is 427 g/mol. The van der Waals surface area contributed by atoms with E-state index in [0.717, 1.165) is 6.07 Å². The summed E-state index contributed by atoms with van der Waals surface area (Å²) in [4.78, 5) is 29.0. The maximum Gasteiger partial charge on any atom is 0.258 e. The summed E-state index contributed by atoms with van der Waals surface area (Å²) in [5.41, 5.74) is 0.859. The fraction of sp³-hybridized carbons (Fsp3) is 0.333. The van der Waals surface area contributed by atoms with Crippen molar-refractivity contribution in [3.63, 3.8) is 0 Å². The number of aryl methyl sites for hydroxylation is 1. The van der Waals surface area contributed by atoms with Crippen LogP contribution in [0.1, 0.15) is 35.3 Å². The number of carbonyl (C=O) groups excluding carboxylic acids is 2. The number of carbonyl (C=O) groups is 2. The Hall–Kier alpha value is -3.20. The molecule has 3 aliphatic rings. The van der Waals surface area contributed by atoms with Crippen LogP contribution >= 0.6 is 11.6 Å². The van der Waals surface area contributed by atoms with Crippen molar-refractivity contribution in [1.29, 1.82) is 0 Å². The van der Waals surface area contributed by atoms with Crippen molar-refractivity contribution >= 4 is 34.5 Å². The zero-order chi connectivity index (χ0) is 21.8. The molecule has 3 aliphatic carbocycles. The first-order chi connectivity index (χ1) is 14.8. The lowest BCUT2D eigenvalue weighted by Crippen LogP contribution is -2.84. The molecule has 2 N–H and O–H groups in total. The Balaban J connectivity index is 1.13. The normalized spacial score (nSPS) is 23.6. The Morgan fingerprint density at radius 1 is 1.23 bits per heavy atom. The van der Waals surface area contributed by atoms with Gasteiger partial charge in [-0.15, -0.1) is 0 Å². The van der Waals surface area contributed by atoms with Crippen molar-refractivity contribution in [2.45, 2.75) is 37.3 Å². The second kappa shape index (κ2) is 6.91. The van der Waals surface area contributed by atoms with E-state index in [9.17, 15) is 14.0 Å². The fourth-order valence-electron chi connectivity index (χ4n) is 4.48. The predicted molar refractivity (Wildman–Crippen MR) is 108 cm³/mol. The molecule has 3 saturated carbocycles. The quantitative estimate of drug-likeness (QED) is 0.605. The third-order valence-corrected chi connectivity index (χ3v) is 6.15. The van der Waals surface area contributed by atoms with Gasteiger partial charge in [0, 0.05) is 23.3 Å². The monoisotopic (exact) mass is 444 g/mol. The molecule has 160 valence electrons. The summed E-state index contributed by atoms with van der Waals surface area (Å²) < 4.78 is 23.8. The van der Waals surface area contributed by atoms with E-state index >= 15 is 0 Å². The Morgan fingerprint density at radius 2 is 1.97 bits per heavy atom. The van der Waals surface area contributed by atoms with Crippen LogP contribution in [0.5, 0.6) is 5.75 Å². The molecule has 6 rings (SSSR count). The first-order valence-electron chi connectivity index (χ1n) is 9.70. The average molecular weight is 445 g/mol. The van der Waals surface area contributed by atoms with Crippen LogP contribution in [0.15, 0.2) is 35.0 Å². The molecule has 0 saturated heterocycles. The lowest BCUT2D eigenvalue weighted by Gasteiger charge is -2.70. The highest BCUT2D eigenvalue weighted by Gasteiger charge is 2.69. The number of ether oxygens (including phenoxy) is 1. The Morgan fingerprint density at radius 3 is 2.71 bits per heavy atom. The molecule has 8 nitrogen and oxygen atoms in total. The topological polar surface area (TPSA) is 106 Å². The number of amides is 2. The summed E-state index contributed by atoms with van der Waals surface area (Å²) in [5, 5.41) is 10.5. The van der Waals surface area contributed by atoms with Crippen LogP contribution in [0.2, 0.25) is 5.02 Å². The number of nitrogens with one attached hydrogen (secondary N) is 2. The maximum absolute atomic E-state index is 13.4. The molecule has 0 atom stereocenters. The van der Waals surface area contributed by atoms with Crippen molar-refractivity contribution in [2.75, 3.05) is 6.61 Å². The van der Waals surface area contributed by atoms with Crippen molar-refractivity contribution in [2.24, 2.45) is 0 Å². The number of hydrogen-bond donors (Lipinski definition) is 2. The summed E-state index contributed by atoms with van der Waals surface area (Å²) >= 11 is 5.63. The lowest BCUT2D eigenvalue weighted by atomic mass is 9.44. The van der Waals surface area contributed by atoms with Gasteiger partial charge in [-0.05, 0) is 44.4 Å². The maximum atomic E-state index is 13.4. The second-order valence-corrected chi connectivity index (χ2v) is 8.71. The van der Waals surface area contributed by atoms with Crippen LogP contribution in [-0.2, 0) is 4.79 Å². The smallest absolute Gasteiger partial charge is 0.258 e. The minimum Gasteiger partial charge on any atom is -0.484 e. The standard InChI is InChI=1S/C21H18ClFN4O4/c1-11-14-4-12(6-24-19(14)31-27-11)18(29)26-21-8-20(9-21,10-21)25-17(28)7-30-13-2-3-15(22)16(23)5-13/h2-6H,7-10H2,1H3,(H,25,28)(H,26,29). The van der Waals surface area contributed by atoms with Crippen molar-refractivity contribution in [3.8, 4) is 5.75 Å². The summed E-state index contributed by atoms with van der Waals surface area (Å²) in [5.74, 6) is -0.896. The van der Waals surface area contributed by atoms with E-state index in [2.05, 4.69) is 20.8 Å². The first-order valence-corrected chi connectivity index (χ1v) is 10.1. The van der Waals surface area contributed by atoms with E-state index in [1.54, 1.807) is 13.0 Å². The molecule has 3 fully saturated rings. The van der Waals surface area contributed by atoms with Crippen molar-refractivity contribution in [3.05, 3.63) is 52.6 Å². The lowest BCUT2D eigenvalue weighted by molar-refractivity contribution is -0.141. The van der Waals surface area contributed by atoms with E-state index in [-0.39, 0.29) is 40.3 Å². The fourth-order valence-corrected chi connectivity index (χ4v) is 4.60. The first kappa shape index (κ1) is 19.7. The van der Waals surface area contributed by atoms with E-state index < -0.39 is 5.82 Å².